The van der Waals surface area contributed by atoms with Crippen LogP contribution in [-0.4, -0.2) is 13.7 Å². The van der Waals surface area contributed by atoms with Gasteiger partial charge in [-0.3, -0.25) is 0 Å². The molecule has 3 nitrogen and oxygen atoms in total. The van der Waals surface area contributed by atoms with Crippen LogP contribution >= 0.6 is 0 Å². The van der Waals surface area contributed by atoms with Crippen molar-refractivity contribution in [3.05, 3.63) is 29.5 Å². The van der Waals surface area contributed by atoms with Gasteiger partial charge in [-0.25, -0.2) is 0 Å². The summed E-state index contributed by atoms with van der Waals surface area (Å²) in [5, 5.41) is 4.78. The van der Waals surface area contributed by atoms with E-state index >= 15 is 0 Å². The molecule has 1 N–H and O–H groups in total. The van der Waals surface area contributed by atoms with Crippen molar-refractivity contribution >= 4 is 11.0 Å². The molecule has 0 aliphatic carbocycles. The van der Waals surface area contributed by atoms with E-state index in [0.29, 0.717) is 6.04 Å². The number of furan rings is 1. The first-order valence-electron chi connectivity index (χ1n) is 6.60. The molecule has 96 valence electrons. The zero-order chi connectivity index (χ0) is 12.5. The van der Waals surface area contributed by atoms with Gasteiger partial charge in [0, 0.05) is 11.4 Å². The van der Waals surface area contributed by atoms with Crippen molar-refractivity contribution in [1.82, 2.24) is 5.32 Å². The standard InChI is InChI=1S/C15H19NO2/c1-10-9-12-11(13-5-3-4-8-16-13)6-7-14(17-2)15(12)18-10/h6-7,9,13,16H,3-5,8H2,1-2H3. The number of nitrogens with one attached hydrogen (secondary N) is 1. The summed E-state index contributed by atoms with van der Waals surface area (Å²) in [6.45, 7) is 3.09. The van der Waals surface area contributed by atoms with Gasteiger partial charge in [-0.2, -0.15) is 0 Å². The summed E-state index contributed by atoms with van der Waals surface area (Å²) in [6.07, 6.45) is 3.77. The summed E-state index contributed by atoms with van der Waals surface area (Å²) in [7, 11) is 1.69. The van der Waals surface area contributed by atoms with E-state index in [9.17, 15) is 0 Å². The fourth-order valence-electron chi connectivity index (χ4n) is 2.82. The SMILES string of the molecule is COc1ccc(C2CCCCN2)c2cc(C)oc12. The highest BCUT2D eigenvalue weighted by Gasteiger charge is 2.20. The largest absolute Gasteiger partial charge is 0.493 e. The zero-order valence-electron chi connectivity index (χ0n) is 11.0. The molecule has 1 aromatic heterocycles. The maximum Gasteiger partial charge on any atom is 0.176 e. The molecule has 1 saturated heterocycles. The second-order valence-corrected chi connectivity index (χ2v) is 4.96. The normalized spacial score (nSPS) is 20.2. The minimum atomic E-state index is 0.448. The number of aryl methyl sites for hydroxylation is 1. The second-order valence-electron chi connectivity index (χ2n) is 4.96. The number of piperidine rings is 1. The van der Waals surface area contributed by atoms with Gasteiger partial charge in [0.15, 0.2) is 11.3 Å². The molecule has 3 heteroatoms. The first-order valence-corrected chi connectivity index (χ1v) is 6.60. The van der Waals surface area contributed by atoms with Crippen LogP contribution in [0, 0.1) is 6.92 Å². The molecule has 3 rings (SSSR count). The molecule has 2 aromatic rings. The number of methoxy groups -OCH3 is 1. The third-order valence-corrected chi connectivity index (χ3v) is 3.71. The number of hydrogen-bond acceptors (Lipinski definition) is 3. The average molecular weight is 245 g/mol. The van der Waals surface area contributed by atoms with Gasteiger partial charge in [0.1, 0.15) is 5.76 Å². The quantitative estimate of drug-likeness (QED) is 0.878. The monoisotopic (exact) mass is 245 g/mol. The molecule has 0 bridgehead atoms. The number of fused-ring (bicyclic) bond motifs is 1. The van der Waals surface area contributed by atoms with Gasteiger partial charge in [0.25, 0.3) is 0 Å². The summed E-state index contributed by atoms with van der Waals surface area (Å²) >= 11 is 0. The Morgan fingerprint density at radius 2 is 2.22 bits per heavy atom. The lowest BCUT2D eigenvalue weighted by atomic mass is 9.95. The fourth-order valence-corrected chi connectivity index (χ4v) is 2.82. The van der Waals surface area contributed by atoms with Crippen molar-refractivity contribution in [2.24, 2.45) is 0 Å². The number of rotatable bonds is 2. The topological polar surface area (TPSA) is 34.4 Å². The van der Waals surface area contributed by atoms with Crippen molar-refractivity contribution in [2.75, 3.05) is 13.7 Å². The zero-order valence-corrected chi connectivity index (χ0v) is 11.0. The van der Waals surface area contributed by atoms with E-state index in [1.807, 2.05) is 13.0 Å². The summed E-state index contributed by atoms with van der Waals surface area (Å²) in [4.78, 5) is 0. The van der Waals surface area contributed by atoms with Crippen LogP contribution in [0.15, 0.2) is 22.6 Å². The minimum absolute atomic E-state index is 0.448. The number of ether oxygens (including phenoxy) is 1. The maximum absolute atomic E-state index is 5.77. The van der Waals surface area contributed by atoms with Gasteiger partial charge in [0.2, 0.25) is 0 Å². The predicted molar refractivity (Wildman–Crippen MR) is 72.1 cm³/mol. The lowest BCUT2D eigenvalue weighted by Crippen LogP contribution is -2.26. The maximum atomic E-state index is 5.77. The van der Waals surface area contributed by atoms with Crippen LogP contribution in [0.1, 0.15) is 36.6 Å². The summed E-state index contributed by atoms with van der Waals surface area (Å²) in [5.41, 5.74) is 2.21. The Hall–Kier alpha value is -1.48. The summed E-state index contributed by atoms with van der Waals surface area (Å²) in [6, 6.07) is 6.74. The molecule has 2 heterocycles. The average Bonchev–Trinajstić information content (AvgIpc) is 2.80. The highest BCUT2D eigenvalue weighted by molar-refractivity contribution is 5.87. The van der Waals surface area contributed by atoms with Gasteiger partial charge >= 0.3 is 0 Å². The Bertz CT molecular complexity index is 553. The van der Waals surface area contributed by atoms with E-state index in [-0.39, 0.29) is 0 Å². The smallest absolute Gasteiger partial charge is 0.176 e. The molecule has 18 heavy (non-hydrogen) atoms. The van der Waals surface area contributed by atoms with E-state index in [4.69, 9.17) is 9.15 Å². The molecule has 0 spiro atoms. The number of benzene rings is 1. The minimum Gasteiger partial charge on any atom is -0.493 e. The van der Waals surface area contributed by atoms with E-state index in [1.165, 1.54) is 30.2 Å². The Morgan fingerprint density at radius 3 is 2.94 bits per heavy atom. The molecule has 0 radical (unpaired) electrons. The van der Waals surface area contributed by atoms with Crippen molar-refractivity contribution in [3.8, 4) is 5.75 Å². The van der Waals surface area contributed by atoms with E-state index in [1.54, 1.807) is 7.11 Å². The molecule has 1 unspecified atom stereocenters. The Kier molecular flexibility index (Phi) is 3.00. The lowest BCUT2D eigenvalue weighted by molar-refractivity contribution is 0.404. The van der Waals surface area contributed by atoms with Crippen LogP contribution in [0.25, 0.3) is 11.0 Å². The van der Waals surface area contributed by atoms with Crippen LogP contribution < -0.4 is 10.1 Å². The van der Waals surface area contributed by atoms with Crippen molar-refractivity contribution in [3.63, 3.8) is 0 Å². The van der Waals surface area contributed by atoms with E-state index in [2.05, 4.69) is 17.4 Å². The molecule has 1 atom stereocenters. The third-order valence-electron chi connectivity index (χ3n) is 3.71. The highest BCUT2D eigenvalue weighted by atomic mass is 16.5. The van der Waals surface area contributed by atoms with Gasteiger partial charge in [0.05, 0.1) is 7.11 Å². The van der Waals surface area contributed by atoms with E-state index in [0.717, 1.165) is 23.6 Å². The Morgan fingerprint density at radius 1 is 1.33 bits per heavy atom. The number of hydrogen-bond donors (Lipinski definition) is 1. The lowest BCUT2D eigenvalue weighted by Gasteiger charge is -2.24. The van der Waals surface area contributed by atoms with Gasteiger partial charge < -0.3 is 14.5 Å². The molecule has 1 aromatic carbocycles. The molecule has 1 aliphatic rings. The van der Waals surface area contributed by atoms with E-state index < -0.39 is 0 Å². The third kappa shape index (κ3) is 1.89. The molecular formula is C15H19NO2. The molecule has 1 fully saturated rings. The van der Waals surface area contributed by atoms with Gasteiger partial charge in [-0.05, 0) is 44.0 Å². The van der Waals surface area contributed by atoms with Crippen molar-refractivity contribution in [1.29, 1.82) is 0 Å². The van der Waals surface area contributed by atoms with Crippen LogP contribution in [0.2, 0.25) is 0 Å². The highest BCUT2D eigenvalue weighted by Crippen LogP contribution is 2.36. The molecule has 1 aliphatic heterocycles. The van der Waals surface area contributed by atoms with Crippen LogP contribution in [0.5, 0.6) is 5.75 Å². The first-order chi connectivity index (χ1) is 8.79. The Balaban J connectivity index is 2.11. The summed E-state index contributed by atoms with van der Waals surface area (Å²) in [5.74, 6) is 1.75. The van der Waals surface area contributed by atoms with Crippen molar-refractivity contribution < 1.29 is 9.15 Å². The van der Waals surface area contributed by atoms with Crippen LogP contribution in [-0.2, 0) is 0 Å². The Labute approximate surface area is 107 Å². The fraction of sp³-hybridized carbons (Fsp3) is 0.467. The van der Waals surface area contributed by atoms with Crippen LogP contribution in [0.4, 0.5) is 0 Å². The predicted octanol–water partition coefficient (Wildman–Crippen LogP) is 3.56. The van der Waals surface area contributed by atoms with Crippen molar-refractivity contribution in [2.45, 2.75) is 32.2 Å². The second kappa shape index (κ2) is 4.65. The molecule has 0 amide bonds. The molecular weight excluding hydrogens is 226 g/mol. The van der Waals surface area contributed by atoms with Gasteiger partial charge in [-0.1, -0.05) is 12.5 Å². The van der Waals surface area contributed by atoms with Gasteiger partial charge in [-0.15, -0.1) is 0 Å². The molecule has 0 saturated carbocycles. The van der Waals surface area contributed by atoms with Crippen LogP contribution in [0.3, 0.4) is 0 Å². The first kappa shape index (κ1) is 11.6. The summed E-state index contributed by atoms with van der Waals surface area (Å²) < 4.78 is 11.1.